The topological polar surface area (TPSA) is 79.4 Å². The van der Waals surface area contributed by atoms with Gasteiger partial charge in [-0.3, -0.25) is 9.36 Å². The Morgan fingerprint density at radius 3 is 2.81 bits per heavy atom. The quantitative estimate of drug-likeness (QED) is 0.192. The number of hydrogen-bond acceptors (Lipinski definition) is 7. The van der Waals surface area contributed by atoms with E-state index in [0.29, 0.717) is 57.9 Å². The monoisotopic (exact) mass is 471 g/mol. The fraction of sp³-hybridized carbons (Fsp3) is 0.261. The molecule has 32 heavy (non-hydrogen) atoms. The van der Waals surface area contributed by atoms with Gasteiger partial charge in [-0.1, -0.05) is 40.7 Å². The summed E-state index contributed by atoms with van der Waals surface area (Å²) in [5.41, 5.74) is 2.01. The molecule has 0 N–H and O–H groups in total. The van der Waals surface area contributed by atoms with Gasteiger partial charge in [0.25, 0.3) is 5.56 Å². The maximum absolute atomic E-state index is 13.1. The van der Waals surface area contributed by atoms with Gasteiger partial charge in [0.1, 0.15) is 17.2 Å². The summed E-state index contributed by atoms with van der Waals surface area (Å²) < 4.78 is 17.8. The number of hydrogen-bond donors (Lipinski definition) is 0. The van der Waals surface area contributed by atoms with Crippen LogP contribution in [0.25, 0.3) is 22.2 Å². The summed E-state index contributed by atoms with van der Waals surface area (Å²) >= 11 is 7.53. The second-order valence-electron chi connectivity index (χ2n) is 7.03. The SMILES string of the molecule is COCCCn1c(SCc2cc(-c3ccccc3OC)no2)nc2cc(Cl)ccc2c1=O. The highest BCUT2D eigenvalue weighted by Crippen LogP contribution is 2.31. The lowest BCUT2D eigenvalue weighted by molar-refractivity contribution is 0.189. The van der Waals surface area contributed by atoms with E-state index in [1.165, 1.54) is 11.8 Å². The third-order valence-electron chi connectivity index (χ3n) is 4.90. The van der Waals surface area contributed by atoms with Crippen LogP contribution in [0.15, 0.2) is 63.0 Å². The van der Waals surface area contributed by atoms with E-state index < -0.39 is 0 Å². The predicted molar refractivity (Wildman–Crippen MR) is 126 cm³/mol. The molecule has 0 aliphatic carbocycles. The average Bonchev–Trinajstić information content (AvgIpc) is 3.28. The van der Waals surface area contributed by atoms with Gasteiger partial charge in [0, 0.05) is 36.9 Å². The van der Waals surface area contributed by atoms with Crippen molar-refractivity contribution in [1.82, 2.24) is 14.7 Å². The molecule has 0 amide bonds. The number of fused-ring (bicyclic) bond motifs is 1. The van der Waals surface area contributed by atoms with Gasteiger partial charge >= 0.3 is 0 Å². The molecule has 2 aromatic carbocycles. The number of methoxy groups -OCH3 is 2. The normalized spacial score (nSPS) is 11.2. The molecule has 0 unspecified atom stereocenters. The van der Waals surface area contributed by atoms with Gasteiger partial charge in [-0.25, -0.2) is 4.98 Å². The Hall–Kier alpha value is -2.81. The van der Waals surface area contributed by atoms with Crippen molar-refractivity contribution in [2.75, 3.05) is 20.8 Å². The zero-order valence-corrected chi connectivity index (χ0v) is 19.3. The molecule has 0 atom stereocenters. The summed E-state index contributed by atoms with van der Waals surface area (Å²) in [4.78, 5) is 17.8. The number of nitrogens with zero attached hydrogens (tertiary/aromatic N) is 3. The Morgan fingerprint density at radius 2 is 2.00 bits per heavy atom. The van der Waals surface area contributed by atoms with Gasteiger partial charge in [0.2, 0.25) is 0 Å². The minimum Gasteiger partial charge on any atom is -0.496 e. The van der Waals surface area contributed by atoms with E-state index in [-0.39, 0.29) is 5.56 Å². The van der Waals surface area contributed by atoms with Crippen molar-refractivity contribution in [3.63, 3.8) is 0 Å². The van der Waals surface area contributed by atoms with Crippen molar-refractivity contribution in [2.24, 2.45) is 0 Å². The molecule has 4 rings (SSSR count). The van der Waals surface area contributed by atoms with Crippen LogP contribution in [0, 0.1) is 0 Å². The van der Waals surface area contributed by atoms with Crippen molar-refractivity contribution in [1.29, 1.82) is 0 Å². The number of thioether (sulfide) groups is 1. The van der Waals surface area contributed by atoms with Crippen LogP contribution >= 0.6 is 23.4 Å². The maximum atomic E-state index is 13.1. The lowest BCUT2D eigenvalue weighted by Crippen LogP contribution is -2.24. The molecule has 0 aliphatic heterocycles. The molecule has 0 saturated carbocycles. The molecule has 0 fully saturated rings. The fourth-order valence-electron chi connectivity index (χ4n) is 3.35. The average molecular weight is 472 g/mol. The first-order chi connectivity index (χ1) is 15.6. The summed E-state index contributed by atoms with van der Waals surface area (Å²) in [5.74, 6) is 1.85. The van der Waals surface area contributed by atoms with Crippen molar-refractivity contribution in [3.8, 4) is 17.0 Å². The first-order valence-electron chi connectivity index (χ1n) is 10.0. The smallest absolute Gasteiger partial charge is 0.262 e. The summed E-state index contributed by atoms with van der Waals surface area (Å²) in [7, 11) is 3.26. The van der Waals surface area contributed by atoms with E-state index >= 15 is 0 Å². The minimum atomic E-state index is -0.0995. The Bertz CT molecular complexity index is 1290. The van der Waals surface area contributed by atoms with Gasteiger partial charge in [0.15, 0.2) is 5.16 Å². The van der Waals surface area contributed by atoms with Crippen LogP contribution in [-0.4, -0.2) is 35.5 Å². The lowest BCUT2D eigenvalue weighted by atomic mass is 10.1. The molecule has 0 saturated heterocycles. The zero-order chi connectivity index (χ0) is 22.5. The minimum absolute atomic E-state index is 0.0995. The van der Waals surface area contributed by atoms with E-state index in [9.17, 15) is 4.79 Å². The largest absolute Gasteiger partial charge is 0.496 e. The number of ether oxygens (including phenoxy) is 2. The molecule has 0 spiro atoms. The van der Waals surface area contributed by atoms with Gasteiger partial charge in [-0.15, -0.1) is 0 Å². The van der Waals surface area contributed by atoms with Crippen LogP contribution in [0.2, 0.25) is 5.02 Å². The molecule has 0 radical (unpaired) electrons. The summed E-state index contributed by atoms with van der Waals surface area (Å²) in [6.07, 6.45) is 0.699. The molecule has 9 heteroatoms. The molecule has 0 aliphatic rings. The van der Waals surface area contributed by atoms with Gasteiger partial charge in [-0.2, -0.15) is 0 Å². The van der Waals surface area contributed by atoms with Crippen LogP contribution in [-0.2, 0) is 17.0 Å². The summed E-state index contributed by atoms with van der Waals surface area (Å²) in [5, 5.41) is 5.84. The van der Waals surface area contributed by atoms with E-state index in [2.05, 4.69) is 5.16 Å². The number of aromatic nitrogens is 3. The number of para-hydroxylation sites is 1. The number of benzene rings is 2. The van der Waals surface area contributed by atoms with Crippen LogP contribution < -0.4 is 10.3 Å². The third kappa shape index (κ3) is 4.82. The first kappa shape index (κ1) is 22.4. The number of halogens is 1. The summed E-state index contributed by atoms with van der Waals surface area (Å²) in [6, 6.07) is 14.6. The van der Waals surface area contributed by atoms with E-state index in [4.69, 9.17) is 30.6 Å². The lowest BCUT2D eigenvalue weighted by Gasteiger charge is -2.12. The molecule has 166 valence electrons. The highest BCUT2D eigenvalue weighted by molar-refractivity contribution is 7.98. The Kier molecular flexibility index (Phi) is 7.14. The first-order valence-corrected chi connectivity index (χ1v) is 11.4. The van der Waals surface area contributed by atoms with Gasteiger partial charge in [-0.05, 0) is 36.8 Å². The van der Waals surface area contributed by atoms with Crippen molar-refractivity contribution >= 4 is 34.3 Å². The molecule has 2 heterocycles. The van der Waals surface area contributed by atoms with E-state index in [0.717, 1.165) is 11.3 Å². The second kappa shape index (κ2) is 10.2. The fourth-order valence-corrected chi connectivity index (χ4v) is 4.41. The van der Waals surface area contributed by atoms with Gasteiger partial charge in [0.05, 0.1) is 23.8 Å². The highest BCUT2D eigenvalue weighted by Gasteiger charge is 2.15. The molecular formula is C23H22ClN3O4S. The highest BCUT2D eigenvalue weighted by atomic mass is 35.5. The van der Waals surface area contributed by atoms with Crippen LogP contribution in [0.4, 0.5) is 0 Å². The van der Waals surface area contributed by atoms with Crippen molar-refractivity contribution in [2.45, 2.75) is 23.9 Å². The van der Waals surface area contributed by atoms with Crippen LogP contribution in [0.5, 0.6) is 5.75 Å². The standard InChI is InChI=1S/C23H22ClN3O4S/c1-29-11-5-10-27-22(28)18-9-8-15(24)12-19(18)25-23(27)32-14-16-13-20(26-31-16)17-6-3-4-7-21(17)30-2/h3-4,6-9,12-13H,5,10-11,14H2,1-2H3. The van der Waals surface area contributed by atoms with Crippen molar-refractivity contribution in [3.05, 3.63) is 69.7 Å². The molecule has 7 nitrogen and oxygen atoms in total. The van der Waals surface area contributed by atoms with E-state index in [1.807, 2.05) is 30.3 Å². The van der Waals surface area contributed by atoms with E-state index in [1.54, 1.807) is 37.0 Å². The summed E-state index contributed by atoms with van der Waals surface area (Å²) in [6.45, 7) is 1.06. The Balaban J connectivity index is 1.61. The predicted octanol–water partition coefficient (Wildman–Crippen LogP) is 5.04. The third-order valence-corrected chi connectivity index (χ3v) is 6.13. The van der Waals surface area contributed by atoms with Crippen LogP contribution in [0.1, 0.15) is 12.2 Å². The van der Waals surface area contributed by atoms with Crippen molar-refractivity contribution < 1.29 is 14.0 Å². The van der Waals surface area contributed by atoms with Crippen LogP contribution in [0.3, 0.4) is 0 Å². The van der Waals surface area contributed by atoms with Gasteiger partial charge < -0.3 is 14.0 Å². The molecule has 0 bridgehead atoms. The molecule has 4 aromatic rings. The Morgan fingerprint density at radius 1 is 1.16 bits per heavy atom. The molecule has 2 aromatic heterocycles. The number of rotatable bonds is 9. The molecular weight excluding hydrogens is 450 g/mol. The zero-order valence-electron chi connectivity index (χ0n) is 17.7. The maximum Gasteiger partial charge on any atom is 0.262 e. The second-order valence-corrected chi connectivity index (χ2v) is 8.41. The Labute approximate surface area is 194 Å².